The number of rotatable bonds is 10. The molecule has 0 aliphatic rings. The zero-order valence-corrected chi connectivity index (χ0v) is 17.5. The standard InChI is InChI=1S/C22H28N2O3S/c1-4-6-14-21(25)23-17-10-9-11-18(15-17)28-16(3)22(26)24-19-12-7-8-13-20(19)27-5-2/h7-13,15-16H,4-6,14H2,1-3H3,(H,23,25)(H,24,26). The van der Waals surface area contributed by atoms with Gasteiger partial charge in [-0.15, -0.1) is 11.8 Å². The highest BCUT2D eigenvalue weighted by atomic mass is 32.2. The van der Waals surface area contributed by atoms with Crippen molar-refractivity contribution in [1.82, 2.24) is 0 Å². The minimum absolute atomic E-state index is 0.0160. The molecule has 2 amide bonds. The largest absolute Gasteiger partial charge is 0.492 e. The van der Waals surface area contributed by atoms with Crippen molar-refractivity contribution in [2.75, 3.05) is 17.2 Å². The summed E-state index contributed by atoms with van der Waals surface area (Å²) in [4.78, 5) is 25.4. The summed E-state index contributed by atoms with van der Waals surface area (Å²) in [7, 11) is 0. The Balaban J connectivity index is 1.97. The molecule has 0 saturated carbocycles. The van der Waals surface area contributed by atoms with Crippen LogP contribution in [0.3, 0.4) is 0 Å². The van der Waals surface area contributed by atoms with Gasteiger partial charge in [0, 0.05) is 17.0 Å². The molecule has 2 N–H and O–H groups in total. The minimum Gasteiger partial charge on any atom is -0.492 e. The highest BCUT2D eigenvalue weighted by Crippen LogP contribution is 2.28. The summed E-state index contributed by atoms with van der Waals surface area (Å²) in [6.07, 6.45) is 2.38. The molecule has 6 heteroatoms. The van der Waals surface area contributed by atoms with E-state index < -0.39 is 0 Å². The number of hydrogen-bond donors (Lipinski definition) is 2. The van der Waals surface area contributed by atoms with Crippen molar-refractivity contribution >= 4 is 35.0 Å². The van der Waals surface area contributed by atoms with Crippen LogP contribution < -0.4 is 15.4 Å². The lowest BCUT2D eigenvalue weighted by Crippen LogP contribution is -2.22. The predicted molar refractivity (Wildman–Crippen MR) is 116 cm³/mol. The molecule has 0 aliphatic carbocycles. The van der Waals surface area contributed by atoms with Gasteiger partial charge in [-0.25, -0.2) is 0 Å². The number of unbranched alkanes of at least 4 members (excludes halogenated alkanes) is 1. The zero-order valence-electron chi connectivity index (χ0n) is 16.7. The smallest absolute Gasteiger partial charge is 0.237 e. The van der Waals surface area contributed by atoms with Gasteiger partial charge in [0.25, 0.3) is 0 Å². The molecule has 1 unspecified atom stereocenters. The van der Waals surface area contributed by atoms with Crippen LogP contribution >= 0.6 is 11.8 Å². The topological polar surface area (TPSA) is 67.4 Å². The van der Waals surface area contributed by atoms with E-state index >= 15 is 0 Å². The van der Waals surface area contributed by atoms with Gasteiger partial charge in [0.1, 0.15) is 5.75 Å². The van der Waals surface area contributed by atoms with E-state index in [0.29, 0.717) is 24.5 Å². The van der Waals surface area contributed by atoms with Crippen LogP contribution in [-0.2, 0) is 9.59 Å². The number of anilines is 2. The van der Waals surface area contributed by atoms with E-state index in [9.17, 15) is 9.59 Å². The van der Waals surface area contributed by atoms with Crippen molar-refractivity contribution in [1.29, 1.82) is 0 Å². The summed E-state index contributed by atoms with van der Waals surface area (Å²) in [5, 5.41) is 5.54. The summed E-state index contributed by atoms with van der Waals surface area (Å²) < 4.78 is 5.55. The van der Waals surface area contributed by atoms with Gasteiger partial charge < -0.3 is 15.4 Å². The first-order valence-electron chi connectivity index (χ1n) is 9.62. The molecular formula is C22H28N2O3S. The molecule has 0 spiro atoms. The van der Waals surface area contributed by atoms with Crippen LogP contribution in [0.5, 0.6) is 5.75 Å². The van der Waals surface area contributed by atoms with E-state index in [0.717, 1.165) is 23.4 Å². The van der Waals surface area contributed by atoms with Crippen LogP contribution in [0.1, 0.15) is 40.0 Å². The number of para-hydroxylation sites is 2. The van der Waals surface area contributed by atoms with Crippen molar-refractivity contribution in [3.8, 4) is 5.75 Å². The molecule has 28 heavy (non-hydrogen) atoms. The van der Waals surface area contributed by atoms with Crippen LogP contribution in [-0.4, -0.2) is 23.7 Å². The average molecular weight is 401 g/mol. The number of benzene rings is 2. The second-order valence-electron chi connectivity index (χ2n) is 6.36. The number of thioether (sulfide) groups is 1. The molecule has 0 fully saturated rings. The Morgan fingerprint density at radius 2 is 1.86 bits per heavy atom. The molecular weight excluding hydrogens is 372 g/mol. The highest BCUT2D eigenvalue weighted by molar-refractivity contribution is 8.00. The fourth-order valence-corrected chi connectivity index (χ4v) is 3.48. The third kappa shape index (κ3) is 6.93. The van der Waals surface area contributed by atoms with E-state index in [1.807, 2.05) is 62.4 Å². The van der Waals surface area contributed by atoms with Gasteiger partial charge in [-0.3, -0.25) is 9.59 Å². The predicted octanol–water partition coefficient (Wildman–Crippen LogP) is 5.33. The van der Waals surface area contributed by atoms with E-state index in [4.69, 9.17) is 4.74 Å². The summed E-state index contributed by atoms with van der Waals surface area (Å²) in [5.74, 6) is 0.573. The second-order valence-corrected chi connectivity index (χ2v) is 7.77. The molecule has 0 heterocycles. The molecule has 2 aromatic carbocycles. The van der Waals surface area contributed by atoms with Crippen molar-refractivity contribution in [2.24, 2.45) is 0 Å². The fourth-order valence-electron chi connectivity index (χ4n) is 2.55. The van der Waals surface area contributed by atoms with Crippen molar-refractivity contribution in [2.45, 2.75) is 50.2 Å². The monoisotopic (exact) mass is 400 g/mol. The molecule has 0 aliphatic heterocycles. The van der Waals surface area contributed by atoms with Gasteiger partial charge in [0.15, 0.2) is 0 Å². The van der Waals surface area contributed by atoms with Gasteiger partial charge in [-0.05, 0) is 50.6 Å². The number of ether oxygens (including phenoxy) is 1. The Morgan fingerprint density at radius 3 is 2.61 bits per heavy atom. The van der Waals surface area contributed by atoms with Crippen LogP contribution in [0, 0.1) is 0 Å². The molecule has 2 aromatic rings. The SMILES string of the molecule is CCCCC(=O)Nc1cccc(SC(C)C(=O)Nc2ccccc2OCC)c1. The first-order valence-corrected chi connectivity index (χ1v) is 10.5. The highest BCUT2D eigenvalue weighted by Gasteiger charge is 2.16. The lowest BCUT2D eigenvalue weighted by atomic mass is 10.2. The molecule has 150 valence electrons. The number of hydrogen-bond acceptors (Lipinski definition) is 4. The lowest BCUT2D eigenvalue weighted by molar-refractivity contribution is -0.116. The first-order chi connectivity index (χ1) is 13.5. The Morgan fingerprint density at radius 1 is 1.07 bits per heavy atom. The molecule has 0 aromatic heterocycles. The Labute approximate surface area is 171 Å². The van der Waals surface area contributed by atoms with E-state index in [2.05, 4.69) is 17.6 Å². The quantitative estimate of drug-likeness (QED) is 0.529. The third-order valence-corrected chi connectivity index (χ3v) is 5.10. The number of carbonyl (C=O) groups excluding carboxylic acids is 2. The minimum atomic E-state index is -0.305. The Bertz CT molecular complexity index is 795. The summed E-state index contributed by atoms with van der Waals surface area (Å²) in [5.41, 5.74) is 1.42. The van der Waals surface area contributed by atoms with Crippen LogP contribution in [0.2, 0.25) is 0 Å². The molecule has 0 saturated heterocycles. The number of amides is 2. The van der Waals surface area contributed by atoms with Crippen molar-refractivity contribution in [3.63, 3.8) is 0 Å². The number of nitrogens with one attached hydrogen (secondary N) is 2. The third-order valence-electron chi connectivity index (χ3n) is 4.00. The summed E-state index contributed by atoms with van der Waals surface area (Å²) in [6, 6.07) is 15.0. The zero-order chi connectivity index (χ0) is 20.4. The molecule has 1 atom stereocenters. The van der Waals surface area contributed by atoms with Crippen LogP contribution in [0.4, 0.5) is 11.4 Å². The van der Waals surface area contributed by atoms with Gasteiger partial charge in [-0.1, -0.05) is 31.5 Å². The van der Waals surface area contributed by atoms with Crippen LogP contribution in [0.25, 0.3) is 0 Å². The Kier molecular flexibility index (Phi) is 8.88. The normalized spacial score (nSPS) is 11.5. The van der Waals surface area contributed by atoms with E-state index in [-0.39, 0.29) is 17.1 Å². The maximum atomic E-state index is 12.6. The van der Waals surface area contributed by atoms with Crippen LogP contribution in [0.15, 0.2) is 53.4 Å². The maximum absolute atomic E-state index is 12.6. The average Bonchev–Trinajstić information content (AvgIpc) is 2.68. The lowest BCUT2D eigenvalue weighted by Gasteiger charge is -2.15. The Hall–Kier alpha value is -2.47. The molecule has 5 nitrogen and oxygen atoms in total. The molecule has 2 rings (SSSR count). The van der Waals surface area contributed by atoms with E-state index in [1.165, 1.54) is 11.8 Å². The van der Waals surface area contributed by atoms with E-state index in [1.54, 1.807) is 0 Å². The molecule has 0 bridgehead atoms. The number of carbonyl (C=O) groups is 2. The maximum Gasteiger partial charge on any atom is 0.237 e. The summed E-state index contributed by atoms with van der Waals surface area (Å²) in [6.45, 7) is 6.36. The first kappa shape index (κ1) is 21.8. The second kappa shape index (κ2) is 11.4. The van der Waals surface area contributed by atoms with Gasteiger partial charge >= 0.3 is 0 Å². The van der Waals surface area contributed by atoms with Gasteiger partial charge in [-0.2, -0.15) is 0 Å². The van der Waals surface area contributed by atoms with Crippen molar-refractivity contribution < 1.29 is 14.3 Å². The van der Waals surface area contributed by atoms with Crippen molar-refractivity contribution in [3.05, 3.63) is 48.5 Å². The van der Waals surface area contributed by atoms with Gasteiger partial charge in [0.2, 0.25) is 11.8 Å². The van der Waals surface area contributed by atoms with Gasteiger partial charge in [0.05, 0.1) is 17.5 Å². The summed E-state index contributed by atoms with van der Waals surface area (Å²) >= 11 is 1.45. The fraction of sp³-hybridized carbons (Fsp3) is 0.364. The molecule has 0 radical (unpaired) electrons.